The molecule has 0 heterocycles. The van der Waals surface area contributed by atoms with Gasteiger partial charge in [0.05, 0.1) is 26.2 Å². The fourth-order valence-corrected chi connectivity index (χ4v) is 1.34. The van der Waals surface area contributed by atoms with Gasteiger partial charge in [-0.1, -0.05) is 0 Å². The molecule has 4 N–H and O–H groups in total. The van der Waals surface area contributed by atoms with E-state index in [1.54, 1.807) is 0 Å². The fourth-order valence-electron chi connectivity index (χ4n) is 1.34. The largest absolute Gasteiger partial charge is 0.412 e. The van der Waals surface area contributed by atoms with Crippen molar-refractivity contribution in [1.82, 2.24) is 0 Å². The summed E-state index contributed by atoms with van der Waals surface area (Å²) in [6.45, 7) is 14.2. The molecule has 0 spiro atoms. The van der Waals surface area contributed by atoms with Crippen molar-refractivity contribution in [2.75, 3.05) is 26.2 Å². The van der Waals surface area contributed by atoms with Crippen molar-refractivity contribution < 1.29 is 15.4 Å². The quantitative estimate of drug-likeness (QED) is 0.537. The van der Waals surface area contributed by atoms with Crippen molar-refractivity contribution in [2.24, 2.45) is 0 Å². The van der Waals surface area contributed by atoms with Crippen molar-refractivity contribution in [3.63, 3.8) is 0 Å². The van der Waals surface area contributed by atoms with E-state index in [1.165, 1.54) is 30.7 Å². The molecule has 0 aromatic heterocycles. The summed E-state index contributed by atoms with van der Waals surface area (Å²) < 4.78 is 1.28. The summed E-state index contributed by atoms with van der Waals surface area (Å²) in [5, 5.41) is 0. The molecule has 0 unspecified atom stereocenters. The Balaban J connectivity index is -0.000000320. The molecule has 0 aliphatic rings. The van der Waals surface area contributed by atoms with Gasteiger partial charge in [0.15, 0.2) is 0 Å². The van der Waals surface area contributed by atoms with Gasteiger partial charge in [-0.15, -0.1) is 0 Å². The first kappa shape index (κ1) is 17.1. The minimum atomic E-state index is 0. The monoisotopic (exact) mass is 166 g/mol. The predicted molar refractivity (Wildman–Crippen MR) is 49.7 cm³/mol. The molecule has 0 fully saturated rings. The summed E-state index contributed by atoms with van der Waals surface area (Å²) in [5.41, 5.74) is 0. The van der Waals surface area contributed by atoms with Crippen LogP contribution in [-0.4, -0.2) is 41.6 Å². The summed E-state index contributed by atoms with van der Waals surface area (Å²) in [7, 11) is 0. The van der Waals surface area contributed by atoms with E-state index < -0.39 is 0 Å². The van der Waals surface area contributed by atoms with Crippen LogP contribution in [0.15, 0.2) is 0 Å². The number of quaternary nitrogens is 1. The molecule has 0 rings (SSSR count). The minimum Gasteiger partial charge on any atom is -0.412 e. The minimum absolute atomic E-state index is 0. The van der Waals surface area contributed by atoms with Crippen LogP contribution < -0.4 is 0 Å². The summed E-state index contributed by atoms with van der Waals surface area (Å²) in [5.74, 6) is 0. The van der Waals surface area contributed by atoms with Crippen LogP contribution in [0.25, 0.3) is 0 Å². The van der Waals surface area contributed by atoms with Gasteiger partial charge >= 0.3 is 0 Å². The summed E-state index contributed by atoms with van der Waals surface area (Å²) in [6.07, 6.45) is 0. The van der Waals surface area contributed by atoms with E-state index in [-0.39, 0.29) is 11.0 Å². The Morgan fingerprint density at radius 1 is 0.636 bits per heavy atom. The van der Waals surface area contributed by atoms with Gasteiger partial charge in [-0.05, 0) is 27.7 Å². The Kier molecular flexibility index (Phi) is 12.4. The van der Waals surface area contributed by atoms with E-state index in [4.69, 9.17) is 0 Å². The van der Waals surface area contributed by atoms with E-state index in [2.05, 4.69) is 27.7 Å². The first-order valence-electron chi connectivity index (χ1n) is 4.09. The van der Waals surface area contributed by atoms with Crippen LogP contribution in [0.2, 0.25) is 0 Å². The van der Waals surface area contributed by atoms with E-state index in [0.29, 0.717) is 0 Å². The molecule has 0 aliphatic carbocycles. The molecule has 0 aromatic rings. The zero-order chi connectivity index (χ0) is 7.33. The van der Waals surface area contributed by atoms with Crippen molar-refractivity contribution in [3.8, 4) is 0 Å². The fraction of sp³-hybridized carbons (Fsp3) is 1.00. The second-order valence-corrected chi connectivity index (χ2v) is 2.61. The first-order valence-corrected chi connectivity index (χ1v) is 4.09. The van der Waals surface area contributed by atoms with Gasteiger partial charge in [0.1, 0.15) is 0 Å². The molecule has 0 saturated heterocycles. The van der Waals surface area contributed by atoms with Gasteiger partial charge in [0, 0.05) is 0 Å². The lowest BCUT2D eigenvalue weighted by molar-refractivity contribution is -0.921. The molecule has 0 radical (unpaired) electrons. The maximum Gasteiger partial charge on any atom is 0.0757 e. The molecule has 0 saturated carbocycles. The Morgan fingerprint density at radius 3 is 0.818 bits per heavy atom. The van der Waals surface area contributed by atoms with Crippen LogP contribution in [0.1, 0.15) is 27.7 Å². The standard InChI is InChI=1S/C8H20N.2H2O/c1-5-9(6-2,7-3)8-4;;/h5-8H2,1-4H3;2*1H2/q+1;;. The highest BCUT2D eigenvalue weighted by molar-refractivity contribution is 4.31. The topological polar surface area (TPSA) is 63.0 Å². The Morgan fingerprint density at radius 2 is 0.818 bits per heavy atom. The molecule has 3 nitrogen and oxygen atoms in total. The highest BCUT2D eigenvalue weighted by atomic mass is 16.0. The smallest absolute Gasteiger partial charge is 0.0757 e. The third kappa shape index (κ3) is 4.35. The molecule has 0 aromatic carbocycles. The lowest BCUT2D eigenvalue weighted by Crippen LogP contribution is -2.47. The van der Waals surface area contributed by atoms with Gasteiger partial charge in [-0.3, -0.25) is 0 Å². The lowest BCUT2D eigenvalue weighted by atomic mass is 10.3. The molecule has 11 heavy (non-hydrogen) atoms. The van der Waals surface area contributed by atoms with Crippen molar-refractivity contribution in [3.05, 3.63) is 0 Å². The van der Waals surface area contributed by atoms with Gasteiger partial charge in [0.2, 0.25) is 0 Å². The van der Waals surface area contributed by atoms with Gasteiger partial charge < -0.3 is 15.4 Å². The molecule has 0 bridgehead atoms. The Hall–Kier alpha value is -0.120. The maximum absolute atomic E-state index is 2.27. The average Bonchev–Trinajstić information content (AvgIpc) is 1.95. The molecular formula is C8H24NO2+. The SMILES string of the molecule is CC[N+](CC)(CC)CC.O.O. The number of nitrogens with zero attached hydrogens (tertiary/aromatic N) is 1. The lowest BCUT2D eigenvalue weighted by Gasteiger charge is -2.34. The molecule has 72 valence electrons. The van der Waals surface area contributed by atoms with Crippen LogP contribution in [0, 0.1) is 0 Å². The first-order chi connectivity index (χ1) is 4.24. The number of rotatable bonds is 4. The van der Waals surface area contributed by atoms with E-state index >= 15 is 0 Å². The van der Waals surface area contributed by atoms with Crippen LogP contribution in [0.4, 0.5) is 0 Å². The predicted octanol–water partition coefficient (Wildman–Crippen LogP) is 0.233. The van der Waals surface area contributed by atoms with Crippen molar-refractivity contribution in [1.29, 1.82) is 0 Å². The average molecular weight is 166 g/mol. The normalized spacial score (nSPS) is 9.82. The highest BCUT2D eigenvalue weighted by Gasteiger charge is 2.16. The molecule has 0 amide bonds. The molecule has 0 aliphatic heterocycles. The summed E-state index contributed by atoms with van der Waals surface area (Å²) >= 11 is 0. The summed E-state index contributed by atoms with van der Waals surface area (Å²) in [6, 6.07) is 0. The maximum atomic E-state index is 2.27. The molecular weight excluding hydrogens is 142 g/mol. The summed E-state index contributed by atoms with van der Waals surface area (Å²) in [4.78, 5) is 0. The third-order valence-electron chi connectivity index (χ3n) is 2.68. The third-order valence-corrected chi connectivity index (χ3v) is 2.68. The second-order valence-electron chi connectivity index (χ2n) is 2.61. The number of hydrogen-bond acceptors (Lipinski definition) is 0. The van der Waals surface area contributed by atoms with Crippen molar-refractivity contribution >= 4 is 0 Å². The highest BCUT2D eigenvalue weighted by Crippen LogP contribution is 2.03. The number of hydrogen-bond donors (Lipinski definition) is 0. The van der Waals surface area contributed by atoms with Gasteiger partial charge in [-0.25, -0.2) is 0 Å². The van der Waals surface area contributed by atoms with Crippen LogP contribution in [0.5, 0.6) is 0 Å². The van der Waals surface area contributed by atoms with E-state index in [1.807, 2.05) is 0 Å². The van der Waals surface area contributed by atoms with Crippen molar-refractivity contribution in [2.45, 2.75) is 27.7 Å². The van der Waals surface area contributed by atoms with Crippen LogP contribution in [-0.2, 0) is 0 Å². The van der Waals surface area contributed by atoms with E-state index in [9.17, 15) is 0 Å². The van der Waals surface area contributed by atoms with Crippen LogP contribution >= 0.6 is 0 Å². The second kappa shape index (κ2) is 7.98. The Labute approximate surface area is 70.2 Å². The van der Waals surface area contributed by atoms with Gasteiger partial charge in [-0.2, -0.15) is 0 Å². The zero-order valence-corrected chi connectivity index (χ0v) is 8.28. The Bertz CT molecular complexity index is 55.0. The molecule has 0 atom stereocenters. The zero-order valence-electron chi connectivity index (χ0n) is 8.28. The van der Waals surface area contributed by atoms with Gasteiger partial charge in [0.25, 0.3) is 0 Å². The van der Waals surface area contributed by atoms with E-state index in [0.717, 1.165) is 0 Å². The van der Waals surface area contributed by atoms with Crippen LogP contribution in [0.3, 0.4) is 0 Å². The molecule has 3 heteroatoms.